The van der Waals surface area contributed by atoms with Crippen molar-refractivity contribution in [2.45, 2.75) is 225 Å². The van der Waals surface area contributed by atoms with E-state index >= 15 is 0 Å². The summed E-state index contributed by atoms with van der Waals surface area (Å²) in [4.78, 5) is 23.2. The summed E-state index contributed by atoms with van der Waals surface area (Å²) < 4.78 is 52.5. The second-order valence-electron chi connectivity index (χ2n) is 18.8. The molecule has 5 saturated heterocycles. The summed E-state index contributed by atoms with van der Waals surface area (Å²) in [6.07, 6.45) is -25.9. The Morgan fingerprint density at radius 1 is 0.500 bits per heavy atom. The van der Waals surface area contributed by atoms with E-state index in [4.69, 9.17) is 42.6 Å². The van der Waals surface area contributed by atoms with Crippen LogP contribution in [0.1, 0.15) is 90.4 Å². The number of carboxylic acids is 1. The van der Waals surface area contributed by atoms with Gasteiger partial charge in [0.25, 0.3) is 0 Å². The Morgan fingerprint density at radius 2 is 0.900 bits per heavy atom. The van der Waals surface area contributed by atoms with Crippen molar-refractivity contribution in [2.75, 3.05) is 26.4 Å². The molecule has 5 heterocycles. The zero-order valence-electron chi connectivity index (χ0n) is 39.3. The monoisotopic (exact) mass is 1020 g/mol. The fourth-order valence-corrected chi connectivity index (χ4v) is 9.42. The predicted molar refractivity (Wildman–Crippen MR) is 232 cm³/mol. The first-order valence-corrected chi connectivity index (χ1v) is 24.3. The number of rotatable bonds is 27. The molecule has 0 aromatic rings. The van der Waals surface area contributed by atoms with Crippen LogP contribution in [0, 0.1) is 5.92 Å². The molecule has 0 aromatic carbocycles. The molecule has 5 rings (SSSR count). The van der Waals surface area contributed by atoms with Gasteiger partial charge in [0, 0.05) is 5.57 Å². The molecule has 0 saturated carbocycles. The van der Waals surface area contributed by atoms with E-state index in [0.717, 1.165) is 64.2 Å². The summed E-state index contributed by atoms with van der Waals surface area (Å²) >= 11 is 0. The molecular weight excluding hydrogens is 940 g/mol. The van der Waals surface area contributed by atoms with E-state index in [-0.39, 0.29) is 5.57 Å². The average molecular weight is 1020 g/mol. The molecule has 0 amide bonds. The smallest absolute Gasteiger partial charge is 0.334 e. The van der Waals surface area contributed by atoms with Gasteiger partial charge in [0.05, 0.1) is 32.5 Å². The van der Waals surface area contributed by atoms with Gasteiger partial charge in [0.1, 0.15) is 110 Å². The summed E-state index contributed by atoms with van der Waals surface area (Å²) in [6.45, 7) is 1.89. The van der Waals surface area contributed by atoms with Gasteiger partial charge in [0.2, 0.25) is 0 Å². The van der Waals surface area contributed by atoms with Crippen LogP contribution < -0.4 is 0 Å². The maximum atomic E-state index is 11.7. The van der Waals surface area contributed by atoms with Crippen LogP contribution >= 0.6 is 0 Å². The van der Waals surface area contributed by atoms with Gasteiger partial charge in [-0.2, -0.15) is 0 Å². The fourth-order valence-electron chi connectivity index (χ4n) is 9.42. The van der Waals surface area contributed by atoms with Crippen LogP contribution in [0.5, 0.6) is 0 Å². The van der Waals surface area contributed by atoms with E-state index in [0.29, 0.717) is 19.3 Å². The minimum absolute atomic E-state index is 0.0101. The van der Waals surface area contributed by atoms with Gasteiger partial charge in [0.15, 0.2) is 25.2 Å². The highest BCUT2D eigenvalue weighted by Crippen LogP contribution is 2.37. The number of unbranched alkanes of at least 4 members (excludes halogenated alkanes) is 10. The van der Waals surface area contributed by atoms with Gasteiger partial charge in [-0.05, 0) is 26.2 Å². The van der Waals surface area contributed by atoms with Crippen molar-refractivity contribution in [2.24, 2.45) is 5.92 Å². The second kappa shape index (κ2) is 27.9. The number of hydrogen-bond donors (Lipinski definition) is 14. The van der Waals surface area contributed by atoms with Crippen molar-refractivity contribution in [3.8, 4) is 0 Å². The van der Waals surface area contributed by atoms with Crippen LogP contribution in [0.4, 0.5) is 0 Å². The van der Waals surface area contributed by atoms with Crippen LogP contribution in [-0.4, -0.2) is 245 Å². The Hall–Kier alpha value is -2.16. The Labute approximate surface area is 405 Å². The number of cyclic esters (lactones) is 1. The molecule has 0 spiro atoms. The predicted octanol–water partition coefficient (Wildman–Crippen LogP) is -4.08. The third-order valence-corrected chi connectivity index (χ3v) is 13.7. The first-order chi connectivity index (χ1) is 33.4. The first kappa shape index (κ1) is 58.7. The topological polar surface area (TPSA) is 400 Å². The third kappa shape index (κ3) is 14.6. The molecule has 14 N–H and O–H groups in total. The lowest BCUT2D eigenvalue weighted by molar-refractivity contribution is -0.408. The number of ether oxygens (including phenoxy) is 9. The van der Waals surface area contributed by atoms with Gasteiger partial charge in [-0.1, -0.05) is 70.8 Å². The molecule has 5 aliphatic heterocycles. The Balaban J connectivity index is 1.20. The SMILES string of the molecule is C=C1C(=O)O[C@@H](CCCCCCCCCCCCC[C@H](C)O[C@@H]2O[C@H](CO)[C@@H](O)[C@H](O[C@@H]3O[C@H](CO)[C@@H](O)[C@H](O)[C@H]3O)[C@H]2O[C@@H]2O[C@H](CO)[C@@H](O)[C@H](O)[C@H]2O[C@@H]2O[C@H](CO)[C@@H](O)[C@H](O)[C@H]2O)[C@@H]1C(=O)O. The maximum Gasteiger partial charge on any atom is 0.334 e. The summed E-state index contributed by atoms with van der Waals surface area (Å²) in [5.74, 6) is -2.75. The minimum Gasteiger partial charge on any atom is -0.481 e. The molecule has 0 bridgehead atoms. The van der Waals surface area contributed by atoms with Gasteiger partial charge in [-0.3, -0.25) is 4.79 Å². The number of carbonyl (C=O) groups is 2. The zero-order valence-corrected chi connectivity index (χ0v) is 39.3. The quantitative estimate of drug-likeness (QED) is 0.0211. The zero-order chi connectivity index (χ0) is 51.4. The number of aliphatic hydroxyl groups is 13. The van der Waals surface area contributed by atoms with E-state index in [9.17, 15) is 81.1 Å². The van der Waals surface area contributed by atoms with Crippen molar-refractivity contribution in [3.05, 3.63) is 12.2 Å². The van der Waals surface area contributed by atoms with E-state index in [1.54, 1.807) is 6.92 Å². The molecule has 5 aliphatic rings. The molecule has 25 nitrogen and oxygen atoms in total. The van der Waals surface area contributed by atoms with Crippen LogP contribution in [0.25, 0.3) is 0 Å². The first-order valence-electron chi connectivity index (χ1n) is 24.3. The van der Waals surface area contributed by atoms with E-state index < -0.39 is 179 Å². The van der Waals surface area contributed by atoms with Crippen LogP contribution in [0.2, 0.25) is 0 Å². The molecule has 70 heavy (non-hydrogen) atoms. The Kier molecular flexibility index (Phi) is 23.4. The summed E-state index contributed by atoms with van der Waals surface area (Å²) in [7, 11) is 0. The molecule has 5 fully saturated rings. The largest absolute Gasteiger partial charge is 0.481 e. The normalized spacial score (nSPS) is 41.9. The maximum absolute atomic E-state index is 11.7. The Morgan fingerprint density at radius 3 is 1.39 bits per heavy atom. The standard InChI is InChI=1S/C45H76O25/c1-20(14-12-10-8-6-4-3-5-7-9-11-13-15-22-27(40(59)60)21(2)41(61)63-22)62-45-39(37(31(53)26(19-49)67-45)68-42-35(57)32(54)28(50)23(16-46)64-42)70-44-38(34(56)30(52)25(18-48)66-44)69-43-36(58)33(55)29(51)24(17-47)65-43/h20,22-39,42-58H,2-19H2,1H3,(H,59,60)/t20-,22-,23+,24+,25+,26+,27+,28+,29+,30+,31+,32-,33-,34-,35+,36+,37-,38+,39+,42-,43-,44-,45+/m0/s1. The van der Waals surface area contributed by atoms with Crippen LogP contribution in [-0.2, 0) is 52.2 Å². The number of aliphatic hydroxyl groups excluding tert-OH is 13. The minimum atomic E-state index is -2.01. The molecule has 0 radical (unpaired) electrons. The second-order valence-corrected chi connectivity index (χ2v) is 18.8. The van der Waals surface area contributed by atoms with E-state index in [1.165, 1.54) is 0 Å². The van der Waals surface area contributed by atoms with Crippen molar-refractivity contribution in [3.63, 3.8) is 0 Å². The highest BCUT2D eigenvalue weighted by molar-refractivity contribution is 5.97. The molecule has 25 heteroatoms. The highest BCUT2D eigenvalue weighted by atomic mass is 16.8. The molecule has 0 aliphatic carbocycles. The lowest BCUT2D eigenvalue weighted by Crippen LogP contribution is -2.68. The van der Waals surface area contributed by atoms with E-state index in [1.807, 2.05) is 0 Å². The number of hydrogen-bond acceptors (Lipinski definition) is 24. The molecular formula is C45H76O25. The van der Waals surface area contributed by atoms with Gasteiger partial charge in [-0.15, -0.1) is 0 Å². The lowest BCUT2D eigenvalue weighted by atomic mass is 9.93. The van der Waals surface area contributed by atoms with Crippen molar-refractivity contribution < 1.29 is 124 Å². The van der Waals surface area contributed by atoms with Gasteiger partial charge >= 0.3 is 11.9 Å². The molecule has 0 aromatic heterocycles. The fraction of sp³-hybridized carbons (Fsp3) is 0.911. The summed E-state index contributed by atoms with van der Waals surface area (Å²) in [5.41, 5.74) is -0.0101. The summed E-state index contributed by atoms with van der Waals surface area (Å²) in [6, 6.07) is 0. The number of aliphatic carboxylic acids is 1. The van der Waals surface area contributed by atoms with Crippen molar-refractivity contribution in [1.29, 1.82) is 0 Å². The highest BCUT2D eigenvalue weighted by Gasteiger charge is 2.56. The third-order valence-electron chi connectivity index (χ3n) is 13.7. The number of carboxylic acid groups (broad SMARTS) is 1. The van der Waals surface area contributed by atoms with Crippen molar-refractivity contribution in [1.82, 2.24) is 0 Å². The number of esters is 1. The molecule has 23 atom stereocenters. The van der Waals surface area contributed by atoms with Crippen LogP contribution in [0.3, 0.4) is 0 Å². The van der Waals surface area contributed by atoms with Crippen molar-refractivity contribution >= 4 is 11.9 Å². The van der Waals surface area contributed by atoms with Crippen LogP contribution in [0.15, 0.2) is 12.2 Å². The summed E-state index contributed by atoms with van der Waals surface area (Å²) in [5, 5.41) is 147. The van der Waals surface area contributed by atoms with Gasteiger partial charge in [-0.25, -0.2) is 4.79 Å². The van der Waals surface area contributed by atoms with Gasteiger partial charge < -0.3 is 114 Å². The Bertz CT molecular complexity index is 1590. The molecule has 0 unspecified atom stereocenters. The van der Waals surface area contributed by atoms with E-state index in [2.05, 4.69) is 6.58 Å². The number of carbonyl (C=O) groups excluding carboxylic acids is 1. The average Bonchev–Trinajstić information content (AvgIpc) is 3.63. The lowest BCUT2D eigenvalue weighted by Gasteiger charge is -2.50. The molecule has 406 valence electrons.